The molecule has 0 unspecified atom stereocenters. The predicted molar refractivity (Wildman–Crippen MR) is 109 cm³/mol. The number of halogens is 1. The molecule has 2 atom stereocenters. The number of likely N-dealkylation sites (tertiary alicyclic amines) is 1. The highest BCUT2D eigenvalue weighted by Gasteiger charge is 2.32. The highest BCUT2D eigenvalue weighted by atomic mass is 35.5. The Kier molecular flexibility index (Phi) is 6.38. The van der Waals surface area contributed by atoms with Gasteiger partial charge in [-0.2, -0.15) is 5.10 Å². The number of nitrogens with zero attached hydrogens (tertiary/aromatic N) is 3. The van der Waals surface area contributed by atoms with Gasteiger partial charge in [0.1, 0.15) is 0 Å². The fraction of sp³-hybridized carbons (Fsp3) is 0.571. The third-order valence-electron chi connectivity index (χ3n) is 5.99. The lowest BCUT2D eigenvalue weighted by Gasteiger charge is -2.22. The van der Waals surface area contributed by atoms with Crippen LogP contribution in [0.2, 0.25) is 0 Å². The molecule has 4 nitrogen and oxygen atoms in total. The van der Waals surface area contributed by atoms with Crippen LogP contribution in [-0.2, 0) is 13.6 Å². The molecule has 0 bridgehead atoms. The van der Waals surface area contributed by atoms with Crippen molar-refractivity contribution in [3.63, 3.8) is 0 Å². The van der Waals surface area contributed by atoms with Crippen molar-refractivity contribution in [3.05, 3.63) is 53.3 Å². The Morgan fingerprint density at radius 1 is 1.08 bits per heavy atom. The molecule has 0 spiro atoms. The van der Waals surface area contributed by atoms with Crippen molar-refractivity contribution in [2.24, 2.45) is 12.8 Å². The first-order chi connectivity index (χ1) is 12.2. The van der Waals surface area contributed by atoms with Gasteiger partial charge in [-0.25, -0.2) is 0 Å². The second-order valence-corrected chi connectivity index (χ2v) is 7.92. The van der Waals surface area contributed by atoms with Crippen molar-refractivity contribution in [3.8, 4) is 0 Å². The summed E-state index contributed by atoms with van der Waals surface area (Å²) in [6.07, 6.45) is 8.92. The molecular weight excluding hydrogens is 344 g/mol. The van der Waals surface area contributed by atoms with E-state index in [1.54, 1.807) is 0 Å². The topological polar surface area (TPSA) is 47.1 Å². The van der Waals surface area contributed by atoms with Crippen molar-refractivity contribution in [2.75, 3.05) is 13.1 Å². The largest absolute Gasteiger partial charge is 0.326 e. The fourth-order valence-electron chi connectivity index (χ4n) is 4.73. The summed E-state index contributed by atoms with van der Waals surface area (Å²) in [4.78, 5) is 2.52. The normalized spacial score (nSPS) is 24.5. The zero-order chi connectivity index (χ0) is 17.2. The van der Waals surface area contributed by atoms with E-state index in [1.807, 2.05) is 4.68 Å². The third kappa shape index (κ3) is 4.13. The lowest BCUT2D eigenvalue weighted by molar-refractivity contribution is 0.320. The van der Waals surface area contributed by atoms with Crippen LogP contribution in [0.3, 0.4) is 0 Å². The lowest BCUT2D eigenvalue weighted by atomic mass is 9.85. The van der Waals surface area contributed by atoms with Crippen LogP contribution in [0, 0.1) is 0 Å². The molecular formula is C21H31ClN4. The number of rotatable bonds is 4. The first-order valence-electron chi connectivity index (χ1n) is 9.76. The second-order valence-electron chi connectivity index (χ2n) is 7.92. The molecule has 2 N–H and O–H groups in total. The Balaban J connectivity index is 0.00000196. The van der Waals surface area contributed by atoms with Crippen LogP contribution in [0.4, 0.5) is 0 Å². The van der Waals surface area contributed by atoms with Crippen molar-refractivity contribution in [1.29, 1.82) is 0 Å². The minimum absolute atomic E-state index is 0. The standard InChI is InChI=1S/C21H30N4.ClH/c1-24-12-18(21(23-24)17-10-6-3-7-11-17)13-25-14-19(20(22)15-25)16-8-4-2-5-9-16;/h2,4-5,8-9,12,17,19-20H,3,6-7,10-11,13-15,22H2,1H3;1H/t19-,20+;/m0./s1. The first kappa shape index (κ1) is 19.4. The van der Waals surface area contributed by atoms with E-state index in [0.29, 0.717) is 11.8 Å². The monoisotopic (exact) mass is 374 g/mol. The van der Waals surface area contributed by atoms with Gasteiger partial charge in [0, 0.05) is 56.3 Å². The van der Waals surface area contributed by atoms with Gasteiger partial charge in [0.2, 0.25) is 0 Å². The highest BCUT2D eigenvalue weighted by Crippen LogP contribution is 2.35. The fourth-order valence-corrected chi connectivity index (χ4v) is 4.73. The molecule has 1 aromatic heterocycles. The van der Waals surface area contributed by atoms with Gasteiger partial charge in [-0.05, 0) is 18.4 Å². The number of hydrogen-bond acceptors (Lipinski definition) is 3. The van der Waals surface area contributed by atoms with Gasteiger partial charge in [0.25, 0.3) is 0 Å². The molecule has 26 heavy (non-hydrogen) atoms. The quantitative estimate of drug-likeness (QED) is 0.884. The van der Waals surface area contributed by atoms with Gasteiger partial charge in [-0.1, -0.05) is 49.6 Å². The lowest BCUT2D eigenvalue weighted by Crippen LogP contribution is -2.28. The minimum atomic E-state index is 0. The maximum absolute atomic E-state index is 6.48. The predicted octanol–water partition coefficient (Wildman–Crippen LogP) is 3.82. The van der Waals surface area contributed by atoms with Crippen LogP contribution in [0.5, 0.6) is 0 Å². The van der Waals surface area contributed by atoms with E-state index in [2.05, 4.69) is 48.5 Å². The summed E-state index contributed by atoms with van der Waals surface area (Å²) < 4.78 is 2.00. The molecule has 142 valence electrons. The summed E-state index contributed by atoms with van der Waals surface area (Å²) in [6, 6.07) is 11.0. The Morgan fingerprint density at radius 3 is 2.54 bits per heavy atom. The van der Waals surface area contributed by atoms with Gasteiger partial charge < -0.3 is 5.73 Å². The highest BCUT2D eigenvalue weighted by molar-refractivity contribution is 5.85. The molecule has 1 saturated carbocycles. The maximum Gasteiger partial charge on any atom is 0.0700 e. The van der Waals surface area contributed by atoms with E-state index in [1.165, 1.54) is 48.9 Å². The van der Waals surface area contributed by atoms with E-state index >= 15 is 0 Å². The zero-order valence-electron chi connectivity index (χ0n) is 15.7. The van der Waals surface area contributed by atoms with Crippen molar-refractivity contribution in [1.82, 2.24) is 14.7 Å². The molecule has 0 radical (unpaired) electrons. The van der Waals surface area contributed by atoms with E-state index in [4.69, 9.17) is 10.8 Å². The average Bonchev–Trinajstić information content (AvgIpc) is 3.19. The van der Waals surface area contributed by atoms with E-state index in [0.717, 1.165) is 19.6 Å². The van der Waals surface area contributed by atoms with Gasteiger partial charge in [0.05, 0.1) is 5.69 Å². The van der Waals surface area contributed by atoms with E-state index in [-0.39, 0.29) is 18.4 Å². The van der Waals surface area contributed by atoms with Gasteiger partial charge in [-0.15, -0.1) is 12.4 Å². The van der Waals surface area contributed by atoms with Crippen molar-refractivity contribution in [2.45, 2.75) is 56.5 Å². The first-order valence-corrected chi connectivity index (χ1v) is 9.76. The number of aromatic nitrogens is 2. The summed E-state index contributed by atoms with van der Waals surface area (Å²) in [5, 5.41) is 4.83. The molecule has 2 aliphatic rings. The number of benzene rings is 1. The smallest absolute Gasteiger partial charge is 0.0700 e. The maximum atomic E-state index is 6.48. The molecule has 2 aromatic rings. The van der Waals surface area contributed by atoms with E-state index < -0.39 is 0 Å². The van der Waals surface area contributed by atoms with Crippen molar-refractivity contribution < 1.29 is 0 Å². The summed E-state index contributed by atoms with van der Waals surface area (Å²) in [6.45, 7) is 3.00. The summed E-state index contributed by atoms with van der Waals surface area (Å²) in [5.74, 6) is 1.10. The van der Waals surface area contributed by atoms with Gasteiger partial charge in [-0.3, -0.25) is 9.58 Å². The Labute approximate surface area is 163 Å². The second kappa shape index (κ2) is 8.55. The Hall–Kier alpha value is -1.36. The molecule has 2 fully saturated rings. The molecule has 0 amide bonds. The Morgan fingerprint density at radius 2 is 1.81 bits per heavy atom. The molecule has 2 heterocycles. The van der Waals surface area contributed by atoms with Crippen LogP contribution < -0.4 is 5.73 Å². The summed E-state index contributed by atoms with van der Waals surface area (Å²) >= 11 is 0. The molecule has 1 saturated heterocycles. The van der Waals surface area contributed by atoms with Crippen LogP contribution in [0.25, 0.3) is 0 Å². The summed E-state index contributed by atoms with van der Waals surface area (Å²) in [7, 11) is 2.05. The molecule has 4 rings (SSSR count). The van der Waals surface area contributed by atoms with Crippen molar-refractivity contribution >= 4 is 12.4 Å². The van der Waals surface area contributed by atoms with Crippen LogP contribution in [-0.4, -0.2) is 33.8 Å². The SMILES string of the molecule is Cl.Cn1cc(CN2C[C@@H](N)[C@H](c3ccccc3)C2)c(C2CCCCC2)n1. The van der Waals surface area contributed by atoms with Crippen LogP contribution >= 0.6 is 12.4 Å². The average molecular weight is 375 g/mol. The summed E-state index contributed by atoms with van der Waals surface area (Å²) in [5.41, 5.74) is 10.6. The van der Waals surface area contributed by atoms with Crippen LogP contribution in [0.1, 0.15) is 60.8 Å². The third-order valence-corrected chi connectivity index (χ3v) is 5.99. The molecule has 5 heteroatoms. The molecule has 1 aliphatic carbocycles. The molecule has 1 aliphatic heterocycles. The zero-order valence-corrected chi connectivity index (χ0v) is 16.5. The van der Waals surface area contributed by atoms with Gasteiger partial charge >= 0.3 is 0 Å². The molecule has 1 aromatic carbocycles. The van der Waals surface area contributed by atoms with Gasteiger partial charge in [0.15, 0.2) is 0 Å². The minimum Gasteiger partial charge on any atom is -0.326 e. The van der Waals surface area contributed by atoms with E-state index in [9.17, 15) is 0 Å². The van der Waals surface area contributed by atoms with Crippen LogP contribution in [0.15, 0.2) is 36.5 Å². The number of nitrogens with two attached hydrogens (primary N) is 1. The number of hydrogen-bond donors (Lipinski definition) is 1. The number of aryl methyl sites for hydroxylation is 1. The Bertz CT molecular complexity index is 693.